The van der Waals surface area contributed by atoms with Crippen molar-refractivity contribution in [3.63, 3.8) is 0 Å². The zero-order chi connectivity index (χ0) is 75.8. The van der Waals surface area contributed by atoms with Gasteiger partial charge in [0.15, 0.2) is 18.9 Å². The summed E-state index contributed by atoms with van der Waals surface area (Å²) >= 11 is 0. The van der Waals surface area contributed by atoms with Crippen molar-refractivity contribution in [1.29, 1.82) is 0 Å². The first-order valence-electron chi connectivity index (χ1n) is 35.6. The third-order valence-corrected chi connectivity index (χ3v) is 17.1. The monoisotopic (exact) mass is 1490 g/mol. The molecule has 4 saturated heterocycles. The van der Waals surface area contributed by atoms with E-state index in [1.54, 1.807) is 0 Å². The van der Waals surface area contributed by atoms with Crippen molar-refractivity contribution in [2.24, 2.45) is 0 Å². The topological polar surface area (TPSA) is 549 Å². The van der Waals surface area contributed by atoms with Gasteiger partial charge in [-0.05, 0) is 46.1 Å². The minimum atomic E-state index is -1.54. The predicted molar refractivity (Wildman–Crippen MR) is 358 cm³/mol. The third-order valence-electron chi connectivity index (χ3n) is 17.1. The zero-order valence-corrected chi connectivity index (χ0v) is 59.8. The second-order valence-corrected chi connectivity index (χ2v) is 25.9. The molecule has 4 rings (SSSR count). The Morgan fingerprint density at radius 3 is 1.20 bits per heavy atom. The van der Waals surface area contributed by atoms with E-state index in [1.807, 2.05) is 13.8 Å². The Kier molecular flexibility index (Phi) is 44.2. The Morgan fingerprint density at radius 2 is 0.806 bits per heavy atom. The van der Waals surface area contributed by atoms with Crippen LogP contribution in [0.4, 0.5) is 0 Å². The van der Waals surface area contributed by atoms with Crippen molar-refractivity contribution in [2.75, 3.05) is 119 Å². The average Bonchev–Trinajstić information content (AvgIpc) is 1.57. The molecule has 4 fully saturated rings. The summed E-state index contributed by atoms with van der Waals surface area (Å²) in [7, 11) is 0. The molecule has 0 saturated carbocycles. The van der Waals surface area contributed by atoms with Crippen molar-refractivity contribution >= 4 is 47.3 Å². The molecule has 0 radical (unpaired) electrons. The summed E-state index contributed by atoms with van der Waals surface area (Å²) in [6.07, 6.45) is -12.0. The molecule has 103 heavy (non-hydrogen) atoms. The lowest BCUT2D eigenvalue weighted by Crippen LogP contribution is -2.64. The first-order chi connectivity index (χ1) is 49.3. The van der Waals surface area contributed by atoms with Crippen molar-refractivity contribution in [3.05, 3.63) is 0 Å². The predicted octanol–water partition coefficient (Wildman–Crippen LogP) is -7.55. The van der Waals surface area contributed by atoms with Crippen LogP contribution in [0.3, 0.4) is 0 Å². The maximum absolute atomic E-state index is 13.8. The number of amides is 8. The molecule has 0 bridgehead atoms. The SMILES string of the molecule is CC(=O)NC1C(OCCOCCNC(=O)C(CCC(=O)NCCOCCOC2O[C@H](CO)C(O)C(O)C2NC(C)=O)NC(=O)CCC(NC(=O)CCCCCCCCCNCC2C[C@H](O)[C@@H](COC(C)C)O2)C(=O)NCCOCCOC2OC(CO)C(O)C(O)C2NC(C)=O)OC(CO)C(O)C1O. The lowest BCUT2D eigenvalue weighted by atomic mass is 9.97. The van der Waals surface area contributed by atoms with Crippen LogP contribution in [0.5, 0.6) is 0 Å². The maximum Gasteiger partial charge on any atom is 0.242 e. The van der Waals surface area contributed by atoms with E-state index in [4.69, 9.17) is 52.1 Å². The molecule has 0 aromatic heterocycles. The van der Waals surface area contributed by atoms with Crippen molar-refractivity contribution in [1.82, 2.24) is 47.9 Å². The number of aliphatic hydroxyl groups is 10. The number of carbonyl (C=O) groups excluding carboxylic acids is 8. The molecule has 38 nitrogen and oxygen atoms in total. The van der Waals surface area contributed by atoms with Crippen LogP contribution in [-0.4, -0.2) is 345 Å². The van der Waals surface area contributed by atoms with Crippen LogP contribution in [0.15, 0.2) is 0 Å². The lowest BCUT2D eigenvalue weighted by Gasteiger charge is -2.42. The first-order valence-corrected chi connectivity index (χ1v) is 35.6. The van der Waals surface area contributed by atoms with E-state index in [0.717, 1.165) is 45.1 Å². The number of rotatable bonds is 52. The highest BCUT2D eigenvalue weighted by Crippen LogP contribution is 2.26. The molecule has 0 aromatic rings. The van der Waals surface area contributed by atoms with Gasteiger partial charge in [0.05, 0.1) is 104 Å². The highest BCUT2D eigenvalue weighted by molar-refractivity contribution is 5.90. The van der Waals surface area contributed by atoms with Gasteiger partial charge in [-0.15, -0.1) is 0 Å². The summed E-state index contributed by atoms with van der Waals surface area (Å²) in [5.74, 6) is -4.72. The van der Waals surface area contributed by atoms with E-state index in [9.17, 15) is 89.4 Å². The van der Waals surface area contributed by atoms with E-state index in [2.05, 4.69) is 47.9 Å². The van der Waals surface area contributed by atoms with Crippen LogP contribution in [0, 0.1) is 0 Å². The second kappa shape index (κ2) is 50.4. The summed E-state index contributed by atoms with van der Waals surface area (Å²) in [5.41, 5.74) is 0. The summed E-state index contributed by atoms with van der Waals surface area (Å²) in [5, 5.41) is 126. The Hall–Kier alpha value is -5.12. The summed E-state index contributed by atoms with van der Waals surface area (Å²) in [4.78, 5) is 104. The molecule has 0 aromatic carbocycles. The van der Waals surface area contributed by atoms with Gasteiger partial charge in [-0.3, -0.25) is 38.4 Å². The van der Waals surface area contributed by atoms with Crippen molar-refractivity contribution in [2.45, 2.75) is 247 Å². The molecule has 8 amide bonds. The van der Waals surface area contributed by atoms with Gasteiger partial charge in [-0.25, -0.2) is 0 Å². The second-order valence-electron chi connectivity index (χ2n) is 25.9. The fourth-order valence-corrected chi connectivity index (χ4v) is 11.6. The number of carbonyl (C=O) groups is 8. The van der Waals surface area contributed by atoms with E-state index >= 15 is 0 Å². The molecule has 0 spiro atoms. The standard InChI is InChI=1S/C65H117N9O29/c1-37(2)99-36-48-44(81)31-41(100-48)32-66-18-12-10-8-6-7-9-11-13-50(83)73-43(62(92)69-21-24-95-27-30-98-65-54(72-40(5)80)60(90)57(87)47(35-77)103-65)15-17-51(84)74-42(61(91)68-20-23-94-26-29-97-64-53(71-39(4)79)59(89)56(86)46(34-76)102-64)14-16-49(82)67-19-22-93-25-28-96-63-52(70-38(3)78)58(88)55(85)45(33-75)101-63/h37,41-48,52-60,63-66,75-77,81,85-90H,6-36H2,1-5H3,(H,67,82)(H,68,91)(H,69,92)(H,70,78)(H,71,79)(H,72,80)(H,73,83)(H,74,84)/t41?,42?,43?,44-,45+,46?,47?,48+,52?,53?,54?,55?,56?,57?,58?,59?,60?,63?,64?,65?/m0/s1. The number of unbranched alkanes of at least 4 members (excludes halogenated alkanes) is 6. The quantitative estimate of drug-likeness (QED) is 0.0252. The Bertz CT molecular complexity index is 2470. The zero-order valence-electron chi connectivity index (χ0n) is 59.8. The molecular weight excluding hydrogens is 1370 g/mol. The average molecular weight is 1490 g/mol. The van der Waals surface area contributed by atoms with Crippen LogP contribution in [-0.2, 0) is 90.5 Å². The van der Waals surface area contributed by atoms with Crippen LogP contribution >= 0.6 is 0 Å². The summed E-state index contributed by atoms with van der Waals surface area (Å²) < 4.78 is 62.0. The number of hydrogen-bond acceptors (Lipinski definition) is 30. The molecule has 19 N–H and O–H groups in total. The molecule has 20 atom stereocenters. The van der Waals surface area contributed by atoms with Gasteiger partial charge >= 0.3 is 0 Å². The molecule has 17 unspecified atom stereocenters. The van der Waals surface area contributed by atoms with Gasteiger partial charge in [0.1, 0.15) is 91.2 Å². The summed E-state index contributed by atoms with van der Waals surface area (Å²) in [6, 6.07) is -6.11. The molecule has 0 aliphatic carbocycles. The third kappa shape index (κ3) is 34.1. The van der Waals surface area contributed by atoms with E-state index in [0.29, 0.717) is 26.0 Å². The lowest BCUT2D eigenvalue weighted by molar-refractivity contribution is -0.272. The Labute approximate surface area is 600 Å². The minimum absolute atomic E-state index is 0.0150. The largest absolute Gasteiger partial charge is 0.394 e. The molecule has 4 heterocycles. The summed E-state index contributed by atoms with van der Waals surface area (Å²) in [6.45, 7) is 6.20. The number of aliphatic hydroxyl groups excluding tert-OH is 10. The van der Waals surface area contributed by atoms with Crippen LogP contribution in [0.2, 0.25) is 0 Å². The number of nitrogens with one attached hydrogen (secondary N) is 9. The highest BCUT2D eigenvalue weighted by atomic mass is 16.7. The van der Waals surface area contributed by atoms with Crippen LogP contribution in [0.1, 0.15) is 118 Å². The van der Waals surface area contributed by atoms with E-state index in [1.165, 1.54) is 20.8 Å². The van der Waals surface area contributed by atoms with Crippen molar-refractivity contribution in [3.8, 4) is 0 Å². The molecular formula is C65H117N9O29. The van der Waals surface area contributed by atoms with Gasteiger partial charge in [-0.2, -0.15) is 0 Å². The fourth-order valence-electron chi connectivity index (χ4n) is 11.6. The normalized spacial score (nSPS) is 28.4. The van der Waals surface area contributed by atoms with Crippen LogP contribution < -0.4 is 47.9 Å². The van der Waals surface area contributed by atoms with E-state index in [-0.39, 0.29) is 123 Å². The van der Waals surface area contributed by atoms with E-state index < -0.39 is 184 Å². The van der Waals surface area contributed by atoms with Gasteiger partial charge in [0.2, 0.25) is 47.3 Å². The maximum atomic E-state index is 13.8. The number of ether oxygens (including phenoxy) is 11. The number of hydrogen-bond donors (Lipinski definition) is 19. The first kappa shape index (κ1) is 90.3. The molecule has 38 heteroatoms. The molecule has 4 aliphatic heterocycles. The van der Waals surface area contributed by atoms with Crippen LogP contribution in [0.25, 0.3) is 0 Å². The molecule has 4 aliphatic rings. The fraction of sp³-hybridized carbons (Fsp3) is 0.877. The Morgan fingerprint density at radius 1 is 0.427 bits per heavy atom. The minimum Gasteiger partial charge on any atom is -0.394 e. The van der Waals surface area contributed by atoms with Gasteiger partial charge in [0.25, 0.3) is 0 Å². The smallest absolute Gasteiger partial charge is 0.242 e. The highest BCUT2D eigenvalue weighted by Gasteiger charge is 2.48. The van der Waals surface area contributed by atoms with Gasteiger partial charge in [0, 0.05) is 72.6 Å². The molecule has 596 valence electrons. The van der Waals surface area contributed by atoms with Gasteiger partial charge in [-0.1, -0.05) is 32.1 Å². The Balaban J connectivity index is 1.32. The van der Waals surface area contributed by atoms with Gasteiger partial charge < -0.3 is 151 Å². The van der Waals surface area contributed by atoms with Crippen molar-refractivity contribution < 1.29 is 142 Å².